The number of nitrogens with zero attached hydrogens (tertiary/aromatic N) is 2. The molecular weight excluding hydrogens is 264 g/mol. The summed E-state index contributed by atoms with van der Waals surface area (Å²) < 4.78 is 5.55. The number of rotatable bonds is 4. The Morgan fingerprint density at radius 2 is 2.11 bits per heavy atom. The predicted molar refractivity (Wildman–Crippen MR) is 72.0 cm³/mol. The van der Waals surface area contributed by atoms with Crippen molar-refractivity contribution in [3.63, 3.8) is 0 Å². The summed E-state index contributed by atoms with van der Waals surface area (Å²) in [5.74, 6) is -0.431. The van der Waals surface area contributed by atoms with E-state index in [1.807, 2.05) is 13.2 Å². The van der Waals surface area contributed by atoms with Crippen molar-refractivity contribution in [3.8, 4) is 11.6 Å². The molecule has 1 N–H and O–H groups in total. The second-order valence-corrected chi connectivity index (χ2v) is 4.63. The summed E-state index contributed by atoms with van der Waals surface area (Å²) in [6.07, 6.45) is 3.28. The van der Waals surface area contributed by atoms with E-state index in [9.17, 15) is 4.79 Å². The minimum atomic E-state index is -1.03. The molecule has 0 aliphatic rings. The number of aromatic nitrogens is 2. The number of carboxylic acid groups (broad SMARTS) is 1. The largest absolute Gasteiger partial charge is 0.478 e. The molecule has 5 nitrogen and oxygen atoms in total. The first-order valence-electron chi connectivity index (χ1n) is 5.48. The van der Waals surface area contributed by atoms with Crippen LogP contribution in [0, 0.1) is 6.92 Å². The zero-order valence-electron chi connectivity index (χ0n) is 10.5. The lowest BCUT2D eigenvalue weighted by Gasteiger charge is -2.09. The van der Waals surface area contributed by atoms with Crippen LogP contribution >= 0.6 is 11.8 Å². The molecule has 2 rings (SSSR count). The zero-order chi connectivity index (χ0) is 13.8. The Kier molecular flexibility index (Phi) is 4.01. The van der Waals surface area contributed by atoms with Crippen LogP contribution in [-0.4, -0.2) is 27.3 Å². The number of benzene rings is 1. The number of hydrogen-bond donors (Lipinski definition) is 1. The molecule has 0 saturated heterocycles. The first-order chi connectivity index (χ1) is 9.10. The highest BCUT2D eigenvalue weighted by molar-refractivity contribution is 7.98. The molecule has 0 fully saturated rings. The van der Waals surface area contributed by atoms with Gasteiger partial charge in [0.2, 0.25) is 5.88 Å². The molecule has 98 valence electrons. The fourth-order valence-corrected chi connectivity index (χ4v) is 1.86. The van der Waals surface area contributed by atoms with E-state index in [-0.39, 0.29) is 11.3 Å². The normalized spacial score (nSPS) is 10.2. The van der Waals surface area contributed by atoms with E-state index < -0.39 is 5.97 Å². The standard InChI is InChI=1S/C13H12N2O3S/c1-8-3-4-9(13(16)17)10(5-8)18-11-6-12(19-2)15-7-14-11/h3-7H,1-2H3,(H,16,17). The number of aromatic carboxylic acids is 1. The molecule has 19 heavy (non-hydrogen) atoms. The maximum Gasteiger partial charge on any atom is 0.339 e. The van der Waals surface area contributed by atoms with E-state index in [4.69, 9.17) is 9.84 Å². The first kappa shape index (κ1) is 13.4. The van der Waals surface area contributed by atoms with Gasteiger partial charge in [-0.25, -0.2) is 14.8 Å². The fourth-order valence-electron chi connectivity index (χ4n) is 1.49. The molecule has 0 unspecified atom stereocenters. The molecule has 0 atom stereocenters. The summed E-state index contributed by atoms with van der Waals surface area (Å²) in [6, 6.07) is 6.58. The van der Waals surface area contributed by atoms with Crippen molar-refractivity contribution in [2.75, 3.05) is 6.26 Å². The number of carboxylic acids is 1. The van der Waals surface area contributed by atoms with E-state index in [2.05, 4.69) is 9.97 Å². The van der Waals surface area contributed by atoms with Gasteiger partial charge in [-0.1, -0.05) is 6.07 Å². The number of ether oxygens (including phenoxy) is 1. The summed E-state index contributed by atoms with van der Waals surface area (Å²) in [6.45, 7) is 1.87. The Morgan fingerprint density at radius 1 is 1.32 bits per heavy atom. The first-order valence-corrected chi connectivity index (χ1v) is 6.70. The van der Waals surface area contributed by atoms with Crippen LogP contribution in [0.25, 0.3) is 0 Å². The summed E-state index contributed by atoms with van der Waals surface area (Å²) in [4.78, 5) is 19.1. The topological polar surface area (TPSA) is 72.3 Å². The molecule has 0 spiro atoms. The minimum absolute atomic E-state index is 0.106. The van der Waals surface area contributed by atoms with E-state index in [1.165, 1.54) is 24.2 Å². The van der Waals surface area contributed by atoms with Gasteiger partial charge in [-0.05, 0) is 30.9 Å². The molecule has 6 heteroatoms. The molecule has 0 amide bonds. The molecule has 1 heterocycles. The molecule has 1 aromatic heterocycles. The second-order valence-electron chi connectivity index (χ2n) is 3.81. The van der Waals surface area contributed by atoms with E-state index >= 15 is 0 Å². The van der Waals surface area contributed by atoms with Crippen LogP contribution in [-0.2, 0) is 0 Å². The van der Waals surface area contributed by atoms with Crippen LogP contribution < -0.4 is 4.74 Å². The Labute approximate surface area is 114 Å². The van der Waals surface area contributed by atoms with E-state index in [0.717, 1.165) is 10.6 Å². The van der Waals surface area contributed by atoms with Crippen LogP contribution in [0.4, 0.5) is 0 Å². The SMILES string of the molecule is CSc1cc(Oc2cc(C)ccc2C(=O)O)ncn1. The number of carbonyl (C=O) groups is 1. The van der Waals surface area contributed by atoms with Gasteiger partial charge in [-0.2, -0.15) is 0 Å². The lowest BCUT2D eigenvalue weighted by molar-refractivity contribution is 0.0694. The third-order valence-electron chi connectivity index (χ3n) is 2.41. The molecule has 2 aromatic rings. The number of thioether (sulfide) groups is 1. The highest BCUT2D eigenvalue weighted by Crippen LogP contribution is 2.26. The van der Waals surface area contributed by atoms with Crippen LogP contribution in [0.5, 0.6) is 11.6 Å². The predicted octanol–water partition coefficient (Wildman–Crippen LogP) is 3.00. The molecule has 0 saturated carbocycles. The van der Waals surface area contributed by atoms with Crippen LogP contribution in [0.1, 0.15) is 15.9 Å². The Bertz CT molecular complexity index is 617. The molecule has 0 aliphatic heterocycles. The average Bonchev–Trinajstić information content (AvgIpc) is 2.38. The van der Waals surface area contributed by atoms with Crippen molar-refractivity contribution >= 4 is 17.7 Å². The van der Waals surface area contributed by atoms with Crippen LogP contribution in [0.15, 0.2) is 35.6 Å². The van der Waals surface area contributed by atoms with Gasteiger partial charge in [0.15, 0.2) is 0 Å². The third-order valence-corrected chi connectivity index (χ3v) is 3.05. The van der Waals surface area contributed by atoms with Crippen molar-refractivity contribution in [2.24, 2.45) is 0 Å². The Hall–Kier alpha value is -2.08. The van der Waals surface area contributed by atoms with Gasteiger partial charge >= 0.3 is 5.97 Å². The smallest absolute Gasteiger partial charge is 0.339 e. The summed E-state index contributed by atoms with van der Waals surface area (Å²) in [5, 5.41) is 9.88. The zero-order valence-corrected chi connectivity index (χ0v) is 11.3. The van der Waals surface area contributed by atoms with E-state index in [1.54, 1.807) is 18.2 Å². The van der Waals surface area contributed by atoms with Crippen molar-refractivity contribution in [3.05, 3.63) is 41.7 Å². The van der Waals surface area contributed by atoms with Crippen molar-refractivity contribution in [1.29, 1.82) is 0 Å². The number of hydrogen-bond acceptors (Lipinski definition) is 5. The highest BCUT2D eigenvalue weighted by atomic mass is 32.2. The van der Waals surface area contributed by atoms with Gasteiger partial charge in [0.1, 0.15) is 22.7 Å². The van der Waals surface area contributed by atoms with Gasteiger partial charge in [0.25, 0.3) is 0 Å². The molecule has 0 radical (unpaired) electrons. The Balaban J connectivity index is 2.36. The summed E-state index contributed by atoms with van der Waals surface area (Å²) in [7, 11) is 0. The van der Waals surface area contributed by atoms with Crippen molar-refractivity contribution < 1.29 is 14.6 Å². The van der Waals surface area contributed by atoms with Crippen molar-refractivity contribution in [2.45, 2.75) is 11.9 Å². The lowest BCUT2D eigenvalue weighted by Crippen LogP contribution is -2.01. The molecule has 1 aromatic carbocycles. The monoisotopic (exact) mass is 276 g/mol. The number of aryl methyl sites for hydroxylation is 1. The molecule has 0 bridgehead atoms. The molecule has 0 aliphatic carbocycles. The van der Waals surface area contributed by atoms with Gasteiger partial charge in [0, 0.05) is 6.07 Å². The lowest BCUT2D eigenvalue weighted by atomic mass is 10.1. The molecular formula is C13H12N2O3S. The highest BCUT2D eigenvalue weighted by Gasteiger charge is 2.13. The third kappa shape index (κ3) is 3.23. The van der Waals surface area contributed by atoms with Gasteiger partial charge in [-0.15, -0.1) is 11.8 Å². The van der Waals surface area contributed by atoms with Gasteiger partial charge in [0.05, 0.1) is 0 Å². The summed E-state index contributed by atoms with van der Waals surface area (Å²) >= 11 is 1.46. The quantitative estimate of drug-likeness (QED) is 0.683. The Morgan fingerprint density at radius 3 is 2.79 bits per heavy atom. The van der Waals surface area contributed by atoms with Crippen LogP contribution in [0.2, 0.25) is 0 Å². The maximum absolute atomic E-state index is 11.1. The maximum atomic E-state index is 11.1. The van der Waals surface area contributed by atoms with Crippen LogP contribution in [0.3, 0.4) is 0 Å². The minimum Gasteiger partial charge on any atom is -0.478 e. The van der Waals surface area contributed by atoms with Crippen molar-refractivity contribution in [1.82, 2.24) is 9.97 Å². The van der Waals surface area contributed by atoms with Gasteiger partial charge < -0.3 is 9.84 Å². The second kappa shape index (κ2) is 5.71. The van der Waals surface area contributed by atoms with Gasteiger partial charge in [-0.3, -0.25) is 0 Å². The van der Waals surface area contributed by atoms with E-state index in [0.29, 0.717) is 5.88 Å². The fraction of sp³-hybridized carbons (Fsp3) is 0.154. The average molecular weight is 276 g/mol. The summed E-state index contributed by atoms with van der Waals surface area (Å²) in [5.41, 5.74) is 1.02.